The summed E-state index contributed by atoms with van der Waals surface area (Å²) in [6.07, 6.45) is 0.571. The number of phenols is 1. The first kappa shape index (κ1) is 10.5. The van der Waals surface area contributed by atoms with E-state index in [-0.39, 0.29) is 11.1 Å². The lowest BCUT2D eigenvalue weighted by Gasteiger charge is -2.11. The van der Waals surface area contributed by atoms with Gasteiger partial charge in [-0.1, -0.05) is 6.92 Å². The van der Waals surface area contributed by atoms with Gasteiger partial charge in [-0.05, 0) is 18.6 Å². The first-order chi connectivity index (χ1) is 6.60. The van der Waals surface area contributed by atoms with Crippen LogP contribution in [0.5, 0.6) is 5.75 Å². The van der Waals surface area contributed by atoms with Gasteiger partial charge >= 0.3 is 0 Å². The first-order valence-corrected chi connectivity index (χ1v) is 4.28. The second-order valence-electron chi connectivity index (χ2n) is 3.02. The van der Waals surface area contributed by atoms with Gasteiger partial charge in [-0.3, -0.25) is 0 Å². The summed E-state index contributed by atoms with van der Waals surface area (Å²) in [7, 11) is 0. The number of halogens is 1. The maximum absolute atomic E-state index is 13.1. The summed E-state index contributed by atoms with van der Waals surface area (Å²) in [6, 6.07) is 3.76. The summed E-state index contributed by atoms with van der Waals surface area (Å²) in [5.74, 6) is -1.26. The molecule has 0 aromatic heterocycles. The number of nitriles is 1. The Balaban J connectivity index is 3.28. The van der Waals surface area contributed by atoms with Crippen molar-refractivity contribution < 1.29 is 9.50 Å². The molecule has 0 saturated carbocycles. The number of hydrogen-bond acceptors (Lipinski definition) is 3. The quantitative estimate of drug-likeness (QED) is 0.754. The van der Waals surface area contributed by atoms with Crippen LogP contribution < -0.4 is 5.73 Å². The van der Waals surface area contributed by atoms with Crippen LogP contribution in [0.3, 0.4) is 0 Å². The largest absolute Gasteiger partial charge is 0.505 e. The molecule has 0 heterocycles. The SMILES string of the molecule is CC[C@H](N)c1cc(C#N)cc(F)c1O. The molecular weight excluding hydrogens is 183 g/mol. The van der Waals surface area contributed by atoms with Crippen molar-refractivity contribution in [2.45, 2.75) is 19.4 Å². The molecule has 4 heteroatoms. The maximum atomic E-state index is 13.1. The molecular formula is C10H11FN2O. The zero-order valence-corrected chi connectivity index (χ0v) is 7.79. The monoisotopic (exact) mass is 194 g/mol. The summed E-state index contributed by atoms with van der Waals surface area (Å²) < 4.78 is 13.1. The summed E-state index contributed by atoms with van der Waals surface area (Å²) >= 11 is 0. The average molecular weight is 194 g/mol. The van der Waals surface area contributed by atoms with Crippen LogP contribution in [0.4, 0.5) is 4.39 Å². The van der Waals surface area contributed by atoms with E-state index in [0.29, 0.717) is 6.42 Å². The molecule has 14 heavy (non-hydrogen) atoms. The summed E-state index contributed by atoms with van der Waals surface area (Å²) in [5.41, 5.74) is 6.10. The Morgan fingerprint density at radius 2 is 2.29 bits per heavy atom. The van der Waals surface area contributed by atoms with Gasteiger partial charge in [-0.2, -0.15) is 5.26 Å². The van der Waals surface area contributed by atoms with Crippen molar-refractivity contribution in [1.29, 1.82) is 5.26 Å². The van der Waals surface area contributed by atoms with Crippen LogP contribution in [-0.2, 0) is 0 Å². The average Bonchev–Trinajstić information content (AvgIpc) is 2.20. The molecule has 0 unspecified atom stereocenters. The number of nitrogens with zero attached hydrogens (tertiary/aromatic N) is 1. The molecule has 0 amide bonds. The molecule has 0 aliphatic carbocycles. The molecule has 3 N–H and O–H groups in total. The maximum Gasteiger partial charge on any atom is 0.166 e. The number of nitrogens with two attached hydrogens (primary N) is 1. The molecule has 0 bridgehead atoms. The van der Waals surface area contributed by atoms with Gasteiger partial charge in [0.1, 0.15) is 0 Å². The summed E-state index contributed by atoms with van der Waals surface area (Å²) in [5, 5.41) is 17.9. The number of benzene rings is 1. The number of hydrogen-bond donors (Lipinski definition) is 2. The van der Waals surface area contributed by atoms with Gasteiger partial charge in [0.15, 0.2) is 11.6 Å². The predicted octanol–water partition coefficient (Wildman–Crippen LogP) is 1.81. The highest BCUT2D eigenvalue weighted by Crippen LogP contribution is 2.28. The van der Waals surface area contributed by atoms with Crippen LogP contribution in [0, 0.1) is 17.1 Å². The van der Waals surface area contributed by atoms with E-state index in [1.54, 1.807) is 0 Å². The molecule has 3 nitrogen and oxygen atoms in total. The Morgan fingerprint density at radius 3 is 2.79 bits per heavy atom. The van der Waals surface area contributed by atoms with Crippen molar-refractivity contribution in [3.05, 3.63) is 29.1 Å². The Bertz CT molecular complexity index is 384. The molecule has 74 valence electrons. The highest BCUT2D eigenvalue weighted by atomic mass is 19.1. The fourth-order valence-corrected chi connectivity index (χ4v) is 1.19. The van der Waals surface area contributed by atoms with Crippen LogP contribution in [0.25, 0.3) is 0 Å². The second kappa shape index (κ2) is 4.07. The molecule has 1 rings (SSSR count). The standard InChI is InChI=1S/C10H11FN2O/c1-2-9(13)7-3-6(5-12)4-8(11)10(7)14/h3-4,9,14H,2,13H2,1H3/t9-/m0/s1. The van der Waals surface area contributed by atoms with Gasteiger partial charge in [-0.25, -0.2) is 4.39 Å². The van der Waals surface area contributed by atoms with Gasteiger partial charge in [0.05, 0.1) is 11.6 Å². The van der Waals surface area contributed by atoms with Crippen LogP contribution in [0.2, 0.25) is 0 Å². The van der Waals surface area contributed by atoms with Crippen molar-refractivity contribution in [2.24, 2.45) is 5.73 Å². The zero-order chi connectivity index (χ0) is 10.7. The molecule has 0 spiro atoms. The molecule has 1 aromatic rings. The topological polar surface area (TPSA) is 70.0 Å². The van der Waals surface area contributed by atoms with E-state index in [2.05, 4.69) is 0 Å². The lowest BCUT2D eigenvalue weighted by atomic mass is 10.0. The van der Waals surface area contributed by atoms with Crippen molar-refractivity contribution in [1.82, 2.24) is 0 Å². The van der Waals surface area contributed by atoms with Gasteiger partial charge in [0, 0.05) is 11.6 Å². The normalized spacial score (nSPS) is 12.1. The number of phenolic OH excluding ortho intramolecular Hbond substituents is 1. The predicted molar refractivity (Wildman–Crippen MR) is 50.0 cm³/mol. The molecule has 0 saturated heterocycles. The Labute approximate surface area is 81.6 Å². The molecule has 1 atom stereocenters. The lowest BCUT2D eigenvalue weighted by Crippen LogP contribution is -2.09. The first-order valence-electron chi connectivity index (χ1n) is 4.28. The van der Waals surface area contributed by atoms with Gasteiger partial charge in [0.25, 0.3) is 0 Å². The molecule has 1 aromatic carbocycles. The highest BCUT2D eigenvalue weighted by Gasteiger charge is 2.14. The summed E-state index contributed by atoms with van der Waals surface area (Å²) in [4.78, 5) is 0. The van der Waals surface area contributed by atoms with Crippen molar-refractivity contribution in [3.8, 4) is 11.8 Å². The van der Waals surface area contributed by atoms with Crippen molar-refractivity contribution in [2.75, 3.05) is 0 Å². The fourth-order valence-electron chi connectivity index (χ4n) is 1.19. The third-order valence-electron chi connectivity index (χ3n) is 2.06. The molecule has 0 radical (unpaired) electrons. The third kappa shape index (κ3) is 1.83. The van der Waals surface area contributed by atoms with Gasteiger partial charge < -0.3 is 10.8 Å². The molecule has 0 fully saturated rings. The smallest absolute Gasteiger partial charge is 0.166 e. The minimum atomic E-state index is -0.803. The Morgan fingerprint density at radius 1 is 1.64 bits per heavy atom. The van der Waals surface area contributed by atoms with Gasteiger partial charge in [-0.15, -0.1) is 0 Å². The summed E-state index contributed by atoms with van der Waals surface area (Å²) in [6.45, 7) is 1.82. The van der Waals surface area contributed by atoms with Crippen molar-refractivity contribution >= 4 is 0 Å². The Kier molecular flexibility index (Phi) is 3.05. The van der Waals surface area contributed by atoms with E-state index in [1.807, 2.05) is 13.0 Å². The van der Waals surface area contributed by atoms with E-state index in [4.69, 9.17) is 11.0 Å². The van der Waals surface area contributed by atoms with E-state index >= 15 is 0 Å². The van der Waals surface area contributed by atoms with Crippen LogP contribution in [0.15, 0.2) is 12.1 Å². The molecule has 0 aliphatic rings. The number of rotatable bonds is 2. The zero-order valence-electron chi connectivity index (χ0n) is 7.79. The van der Waals surface area contributed by atoms with E-state index in [9.17, 15) is 9.50 Å². The minimum Gasteiger partial charge on any atom is -0.505 e. The lowest BCUT2D eigenvalue weighted by molar-refractivity contribution is 0.419. The van der Waals surface area contributed by atoms with E-state index < -0.39 is 17.6 Å². The third-order valence-corrected chi connectivity index (χ3v) is 2.06. The fraction of sp³-hybridized carbons (Fsp3) is 0.300. The van der Waals surface area contributed by atoms with E-state index in [0.717, 1.165) is 6.07 Å². The van der Waals surface area contributed by atoms with E-state index in [1.165, 1.54) is 6.07 Å². The van der Waals surface area contributed by atoms with Gasteiger partial charge in [0.2, 0.25) is 0 Å². The second-order valence-corrected chi connectivity index (χ2v) is 3.02. The van der Waals surface area contributed by atoms with Crippen molar-refractivity contribution in [3.63, 3.8) is 0 Å². The Hall–Kier alpha value is -1.60. The van der Waals surface area contributed by atoms with Crippen LogP contribution in [-0.4, -0.2) is 5.11 Å². The van der Waals surface area contributed by atoms with Crippen LogP contribution >= 0.6 is 0 Å². The molecule has 0 aliphatic heterocycles. The van der Waals surface area contributed by atoms with Crippen LogP contribution in [0.1, 0.15) is 30.5 Å². The number of aromatic hydroxyl groups is 1. The highest BCUT2D eigenvalue weighted by molar-refractivity contribution is 5.43. The minimum absolute atomic E-state index is 0.166.